The highest BCUT2D eigenvalue weighted by Gasteiger charge is 2.41. The number of aliphatic carboxylic acids is 1. The summed E-state index contributed by atoms with van der Waals surface area (Å²) in [6.07, 6.45) is -11.1. The highest BCUT2D eigenvalue weighted by atomic mass is 19.4. The molecule has 7 nitrogen and oxygen atoms in total. The molecular weight excluding hydrogens is 678 g/mol. The molecule has 1 heterocycles. The van der Waals surface area contributed by atoms with Crippen LogP contribution in [0.4, 0.5) is 35.1 Å². The molecule has 0 spiro atoms. The van der Waals surface area contributed by atoms with Gasteiger partial charge in [-0.1, -0.05) is 26.0 Å². The Bertz CT molecular complexity index is 1810. The summed E-state index contributed by atoms with van der Waals surface area (Å²) in [5.74, 6) is -7.09. The third kappa shape index (κ3) is 9.09. The van der Waals surface area contributed by atoms with Gasteiger partial charge in [0.2, 0.25) is 5.91 Å². The summed E-state index contributed by atoms with van der Waals surface area (Å²) in [7, 11) is 3.22. The van der Waals surface area contributed by atoms with E-state index in [1.807, 2.05) is 0 Å². The van der Waals surface area contributed by atoms with E-state index in [-0.39, 0.29) is 30.5 Å². The number of nitrogens with zero attached hydrogens (tertiary/aromatic N) is 2. The summed E-state index contributed by atoms with van der Waals surface area (Å²) in [6, 6.07) is -0.0867. The molecule has 2 N–H and O–H groups in total. The number of amides is 1. The zero-order valence-electron chi connectivity index (χ0n) is 28.5. The molecule has 3 aromatic rings. The predicted octanol–water partition coefficient (Wildman–Crippen LogP) is 7.78. The lowest BCUT2D eigenvalue weighted by Gasteiger charge is -2.27. The van der Waals surface area contributed by atoms with Gasteiger partial charge >= 0.3 is 18.3 Å². The van der Waals surface area contributed by atoms with Crippen LogP contribution in [-0.2, 0) is 28.4 Å². The van der Waals surface area contributed by atoms with Crippen molar-refractivity contribution in [1.82, 2.24) is 14.8 Å². The second-order valence-electron chi connectivity index (χ2n) is 13.0. The smallest absolute Gasteiger partial charge is 0.419 e. The van der Waals surface area contributed by atoms with E-state index in [4.69, 9.17) is 0 Å². The van der Waals surface area contributed by atoms with Gasteiger partial charge in [0.15, 0.2) is 0 Å². The standard InChI is InChI=1S/C35H39F8N3O4/c1-17(2)12-26(46-16-21(10-11-45(6)7)23(14-27(46)47)34(38,39)40)33(50)44-25(15-28(48)49)30-31(36)22(13-24(32(30)37)35(41,42)43)29-19(4)9-8-18(3)20(29)5/h8-9,13-14,16-17,25-26H,10-12,15H2,1-7H3,(H,44,50)(H,48,49)/t25-,26?/m0/s1. The number of halogens is 8. The van der Waals surface area contributed by atoms with Gasteiger partial charge < -0.3 is 19.9 Å². The number of carbonyl (C=O) groups is 2. The normalized spacial score (nSPS) is 13.5. The first-order chi connectivity index (χ1) is 22.9. The SMILES string of the molecule is Cc1ccc(C)c(-c2cc(C(F)(F)F)c(F)c([C@H](CC(=O)O)NC(=O)C(CC(C)C)n3cc(CCN(C)C)c(C(F)(F)F)cc3=O)c2F)c1C. The Hall–Kier alpha value is -4.27. The summed E-state index contributed by atoms with van der Waals surface area (Å²) in [5.41, 5.74) is -5.48. The van der Waals surface area contributed by atoms with Crippen molar-refractivity contribution in [3.8, 4) is 11.1 Å². The number of hydrogen-bond acceptors (Lipinski definition) is 4. The lowest BCUT2D eigenvalue weighted by atomic mass is 9.87. The highest BCUT2D eigenvalue weighted by Crippen LogP contribution is 2.42. The monoisotopic (exact) mass is 717 g/mol. The van der Waals surface area contributed by atoms with E-state index in [1.165, 1.54) is 19.9 Å². The maximum Gasteiger partial charge on any atom is 0.419 e. The second kappa shape index (κ2) is 15.3. The van der Waals surface area contributed by atoms with Crippen LogP contribution >= 0.6 is 0 Å². The number of aromatic nitrogens is 1. The van der Waals surface area contributed by atoms with E-state index in [2.05, 4.69) is 5.32 Å². The molecule has 50 heavy (non-hydrogen) atoms. The molecule has 274 valence electrons. The van der Waals surface area contributed by atoms with Crippen LogP contribution < -0.4 is 10.9 Å². The second-order valence-corrected chi connectivity index (χ2v) is 13.0. The van der Waals surface area contributed by atoms with Gasteiger partial charge in [-0.15, -0.1) is 0 Å². The van der Waals surface area contributed by atoms with E-state index in [0.717, 1.165) is 10.8 Å². The Labute approximate surface area is 283 Å². The topological polar surface area (TPSA) is 91.6 Å². The minimum atomic E-state index is -5.37. The largest absolute Gasteiger partial charge is 0.481 e. The van der Waals surface area contributed by atoms with E-state index in [9.17, 15) is 45.8 Å². The molecule has 0 aliphatic carbocycles. The van der Waals surface area contributed by atoms with Crippen molar-refractivity contribution in [1.29, 1.82) is 0 Å². The number of carbonyl (C=O) groups excluding carboxylic acids is 1. The summed E-state index contributed by atoms with van der Waals surface area (Å²) >= 11 is 0. The van der Waals surface area contributed by atoms with Crippen molar-refractivity contribution >= 4 is 11.9 Å². The fourth-order valence-corrected chi connectivity index (χ4v) is 5.82. The van der Waals surface area contributed by atoms with Gasteiger partial charge in [0.05, 0.1) is 23.6 Å². The van der Waals surface area contributed by atoms with Crippen molar-refractivity contribution in [2.45, 2.75) is 78.3 Å². The number of benzene rings is 2. The highest BCUT2D eigenvalue weighted by molar-refractivity contribution is 5.82. The van der Waals surface area contributed by atoms with Crippen LogP contribution in [-0.4, -0.2) is 47.1 Å². The van der Waals surface area contributed by atoms with E-state index < -0.39 is 88.1 Å². The minimum absolute atomic E-state index is 0.00824. The zero-order valence-corrected chi connectivity index (χ0v) is 28.5. The molecule has 2 aromatic carbocycles. The van der Waals surface area contributed by atoms with Crippen LogP contribution in [0.5, 0.6) is 0 Å². The van der Waals surface area contributed by atoms with Crippen LogP contribution in [0.3, 0.4) is 0 Å². The first-order valence-electron chi connectivity index (χ1n) is 15.6. The Morgan fingerprint density at radius 1 is 0.920 bits per heavy atom. The predicted molar refractivity (Wildman–Crippen MR) is 171 cm³/mol. The van der Waals surface area contributed by atoms with E-state index >= 15 is 8.78 Å². The van der Waals surface area contributed by atoms with Crippen molar-refractivity contribution < 1.29 is 49.8 Å². The maximum absolute atomic E-state index is 16.5. The Morgan fingerprint density at radius 2 is 1.50 bits per heavy atom. The molecule has 0 fully saturated rings. The summed E-state index contributed by atoms with van der Waals surface area (Å²) < 4.78 is 117. The van der Waals surface area contributed by atoms with Gasteiger partial charge in [0.1, 0.15) is 17.7 Å². The number of rotatable bonds is 12. The molecule has 0 saturated heterocycles. The van der Waals surface area contributed by atoms with Crippen molar-refractivity contribution in [2.75, 3.05) is 20.6 Å². The van der Waals surface area contributed by atoms with Crippen LogP contribution in [0.2, 0.25) is 0 Å². The van der Waals surface area contributed by atoms with Gasteiger partial charge in [-0.05, 0) is 87.5 Å². The molecule has 2 atom stereocenters. The number of hydrogen-bond donors (Lipinski definition) is 2. The number of aryl methyl sites for hydroxylation is 2. The third-order valence-corrected chi connectivity index (χ3v) is 8.43. The molecule has 1 aromatic heterocycles. The van der Waals surface area contributed by atoms with Crippen LogP contribution in [0.15, 0.2) is 35.3 Å². The molecule has 0 radical (unpaired) electrons. The van der Waals surface area contributed by atoms with Gasteiger partial charge in [-0.3, -0.25) is 14.4 Å². The summed E-state index contributed by atoms with van der Waals surface area (Å²) in [4.78, 5) is 40.6. The zero-order chi connectivity index (χ0) is 38.0. The molecular formula is C35H39F8N3O4. The number of likely N-dealkylation sites (N-methyl/N-ethyl adjacent to an activating group) is 1. The van der Waals surface area contributed by atoms with E-state index in [1.54, 1.807) is 45.8 Å². The van der Waals surface area contributed by atoms with Crippen LogP contribution in [0.25, 0.3) is 11.1 Å². The van der Waals surface area contributed by atoms with Crippen LogP contribution in [0.1, 0.15) is 77.7 Å². The molecule has 1 unspecified atom stereocenters. The number of nitrogens with one attached hydrogen (secondary N) is 1. The first-order valence-corrected chi connectivity index (χ1v) is 15.6. The number of pyridine rings is 1. The lowest BCUT2D eigenvalue weighted by Crippen LogP contribution is -2.41. The van der Waals surface area contributed by atoms with Crippen LogP contribution in [0, 0.1) is 38.3 Å². The van der Waals surface area contributed by atoms with Gasteiger partial charge in [0.25, 0.3) is 5.56 Å². The number of alkyl halides is 6. The number of carboxylic acid groups (broad SMARTS) is 1. The van der Waals surface area contributed by atoms with Gasteiger partial charge in [-0.2, -0.15) is 26.3 Å². The Balaban J connectivity index is 2.30. The molecule has 1 amide bonds. The lowest BCUT2D eigenvalue weighted by molar-refractivity contribution is -0.140. The van der Waals surface area contributed by atoms with E-state index in [0.29, 0.717) is 28.8 Å². The Morgan fingerprint density at radius 3 is 2.02 bits per heavy atom. The minimum Gasteiger partial charge on any atom is -0.481 e. The Kier molecular flexibility index (Phi) is 12.3. The fraction of sp³-hybridized carbons (Fsp3) is 0.457. The molecule has 0 aliphatic heterocycles. The molecule has 0 saturated carbocycles. The quantitative estimate of drug-likeness (QED) is 0.187. The first kappa shape index (κ1) is 40.2. The third-order valence-electron chi connectivity index (χ3n) is 8.43. The van der Waals surface area contributed by atoms with Gasteiger partial charge in [0, 0.05) is 29.9 Å². The maximum atomic E-state index is 16.5. The molecule has 15 heteroatoms. The number of carboxylic acids is 1. The molecule has 0 aliphatic rings. The summed E-state index contributed by atoms with van der Waals surface area (Å²) in [6.45, 7) is 8.00. The van der Waals surface area contributed by atoms with Crippen molar-refractivity contribution in [2.24, 2.45) is 5.92 Å². The van der Waals surface area contributed by atoms with Crippen molar-refractivity contribution in [3.05, 3.63) is 91.4 Å². The van der Waals surface area contributed by atoms with Gasteiger partial charge in [-0.25, -0.2) is 8.78 Å². The molecule has 3 rings (SSSR count). The average Bonchev–Trinajstić information content (AvgIpc) is 2.96. The average molecular weight is 718 g/mol. The summed E-state index contributed by atoms with van der Waals surface area (Å²) in [5, 5.41) is 11.8. The fourth-order valence-electron chi connectivity index (χ4n) is 5.82. The molecule has 0 bridgehead atoms. The van der Waals surface area contributed by atoms with Crippen molar-refractivity contribution in [3.63, 3.8) is 0 Å².